The van der Waals surface area contributed by atoms with Crippen molar-refractivity contribution in [3.8, 4) is 0 Å². The molecule has 2 amide bonds. The van der Waals surface area contributed by atoms with Gasteiger partial charge < -0.3 is 14.5 Å². The predicted octanol–water partition coefficient (Wildman–Crippen LogP) is 1.27. The maximum absolute atomic E-state index is 11.9. The third-order valence-corrected chi connectivity index (χ3v) is 2.86. The number of hydrogen-bond acceptors (Lipinski definition) is 2. The van der Waals surface area contributed by atoms with Crippen LogP contribution >= 0.6 is 0 Å². The normalized spacial score (nSPS) is 23.7. The van der Waals surface area contributed by atoms with Gasteiger partial charge in [0.2, 0.25) is 0 Å². The molecule has 0 aromatic carbocycles. The van der Waals surface area contributed by atoms with Crippen molar-refractivity contribution in [1.82, 2.24) is 9.80 Å². The fourth-order valence-electron chi connectivity index (χ4n) is 2.03. The van der Waals surface area contributed by atoms with Gasteiger partial charge in [-0.25, -0.2) is 4.79 Å². The van der Waals surface area contributed by atoms with Crippen molar-refractivity contribution in [2.75, 3.05) is 33.0 Å². The van der Waals surface area contributed by atoms with Gasteiger partial charge in [-0.1, -0.05) is 0 Å². The molecule has 0 atom stereocenters. The zero-order valence-corrected chi connectivity index (χ0v) is 8.57. The van der Waals surface area contributed by atoms with Gasteiger partial charge in [-0.2, -0.15) is 0 Å². The summed E-state index contributed by atoms with van der Waals surface area (Å²) in [7, 11) is 0. The summed E-state index contributed by atoms with van der Waals surface area (Å²) in [6, 6.07) is 0.171. The lowest BCUT2D eigenvalue weighted by Gasteiger charge is -2.34. The van der Waals surface area contributed by atoms with Crippen LogP contribution in [0.2, 0.25) is 0 Å². The first kappa shape index (κ1) is 9.77. The summed E-state index contributed by atoms with van der Waals surface area (Å²) in [5, 5.41) is 0. The Morgan fingerprint density at radius 1 is 0.929 bits per heavy atom. The first-order valence-corrected chi connectivity index (χ1v) is 5.49. The SMILES string of the molecule is O=C(N1CCCCC1)N1CCCOC1. The Morgan fingerprint density at radius 3 is 2.29 bits per heavy atom. The van der Waals surface area contributed by atoms with Crippen LogP contribution in [-0.4, -0.2) is 48.8 Å². The number of nitrogens with zero attached hydrogens (tertiary/aromatic N) is 2. The van der Waals surface area contributed by atoms with Crippen molar-refractivity contribution in [3.63, 3.8) is 0 Å². The maximum atomic E-state index is 11.9. The van der Waals surface area contributed by atoms with E-state index in [1.165, 1.54) is 6.42 Å². The number of carbonyl (C=O) groups excluding carboxylic acids is 1. The largest absolute Gasteiger partial charge is 0.361 e. The van der Waals surface area contributed by atoms with Crippen molar-refractivity contribution >= 4 is 6.03 Å². The van der Waals surface area contributed by atoms with Crippen LogP contribution in [0.5, 0.6) is 0 Å². The highest BCUT2D eigenvalue weighted by Gasteiger charge is 2.23. The Hall–Kier alpha value is -0.770. The lowest BCUT2D eigenvalue weighted by molar-refractivity contribution is -0.00138. The number of piperidine rings is 1. The van der Waals surface area contributed by atoms with E-state index in [0.717, 1.165) is 45.5 Å². The highest BCUT2D eigenvalue weighted by atomic mass is 16.5. The Morgan fingerprint density at radius 2 is 1.64 bits per heavy atom. The smallest absolute Gasteiger partial charge is 0.321 e. The van der Waals surface area contributed by atoms with Gasteiger partial charge in [-0.3, -0.25) is 0 Å². The van der Waals surface area contributed by atoms with Crippen LogP contribution in [-0.2, 0) is 4.74 Å². The van der Waals surface area contributed by atoms with Gasteiger partial charge in [0.1, 0.15) is 6.73 Å². The molecule has 2 fully saturated rings. The summed E-state index contributed by atoms with van der Waals surface area (Å²) in [4.78, 5) is 15.7. The quantitative estimate of drug-likeness (QED) is 0.587. The summed E-state index contributed by atoms with van der Waals surface area (Å²) in [6.07, 6.45) is 4.54. The van der Waals surface area contributed by atoms with Gasteiger partial charge in [0.15, 0.2) is 0 Å². The maximum Gasteiger partial charge on any atom is 0.321 e. The summed E-state index contributed by atoms with van der Waals surface area (Å²) in [5.41, 5.74) is 0. The molecule has 0 aromatic rings. The van der Waals surface area contributed by atoms with Crippen molar-refractivity contribution in [1.29, 1.82) is 0 Å². The van der Waals surface area contributed by atoms with Crippen LogP contribution < -0.4 is 0 Å². The predicted molar refractivity (Wildman–Crippen MR) is 53.0 cm³/mol. The Bertz CT molecular complexity index is 176. The first-order chi connectivity index (χ1) is 6.88. The topological polar surface area (TPSA) is 32.8 Å². The lowest BCUT2D eigenvalue weighted by Crippen LogP contribution is -2.48. The number of rotatable bonds is 0. The van der Waals surface area contributed by atoms with Gasteiger partial charge in [0, 0.05) is 19.6 Å². The number of amides is 2. The molecule has 80 valence electrons. The van der Waals surface area contributed by atoms with Crippen molar-refractivity contribution in [2.24, 2.45) is 0 Å². The Kier molecular flexibility index (Phi) is 3.24. The molecule has 2 saturated heterocycles. The second-order valence-electron chi connectivity index (χ2n) is 3.98. The molecule has 0 N–H and O–H groups in total. The van der Waals surface area contributed by atoms with Gasteiger partial charge in [0.25, 0.3) is 0 Å². The van der Waals surface area contributed by atoms with Gasteiger partial charge in [0.05, 0.1) is 6.61 Å². The molecule has 0 aromatic heterocycles. The number of likely N-dealkylation sites (tertiary alicyclic amines) is 1. The van der Waals surface area contributed by atoms with Crippen LogP contribution in [0.15, 0.2) is 0 Å². The van der Waals surface area contributed by atoms with Crippen molar-refractivity contribution < 1.29 is 9.53 Å². The van der Waals surface area contributed by atoms with E-state index in [1.807, 2.05) is 9.80 Å². The molecule has 0 unspecified atom stereocenters. The number of urea groups is 1. The molecule has 2 aliphatic heterocycles. The molecule has 4 heteroatoms. The van der Waals surface area contributed by atoms with Crippen molar-refractivity contribution in [3.05, 3.63) is 0 Å². The Balaban J connectivity index is 1.85. The average molecular weight is 198 g/mol. The molecule has 0 radical (unpaired) electrons. The molecule has 4 nitrogen and oxygen atoms in total. The van der Waals surface area contributed by atoms with Crippen molar-refractivity contribution in [2.45, 2.75) is 25.7 Å². The van der Waals surface area contributed by atoms with Crippen LogP contribution in [0.4, 0.5) is 4.79 Å². The molecule has 0 spiro atoms. The summed E-state index contributed by atoms with van der Waals surface area (Å²) >= 11 is 0. The molecule has 2 rings (SSSR count). The van der Waals surface area contributed by atoms with Crippen LogP contribution in [0.1, 0.15) is 25.7 Å². The van der Waals surface area contributed by atoms with Gasteiger partial charge in [-0.15, -0.1) is 0 Å². The molecule has 0 saturated carbocycles. The lowest BCUT2D eigenvalue weighted by atomic mass is 10.1. The van der Waals surface area contributed by atoms with E-state index >= 15 is 0 Å². The van der Waals surface area contributed by atoms with E-state index in [-0.39, 0.29) is 6.03 Å². The molecule has 0 aliphatic carbocycles. The highest BCUT2D eigenvalue weighted by Crippen LogP contribution is 2.12. The van der Waals surface area contributed by atoms with E-state index in [9.17, 15) is 4.79 Å². The fraction of sp³-hybridized carbons (Fsp3) is 0.900. The summed E-state index contributed by atoms with van der Waals surface area (Å²) in [5.74, 6) is 0. The van der Waals surface area contributed by atoms with Gasteiger partial charge in [-0.05, 0) is 25.7 Å². The van der Waals surface area contributed by atoms with E-state index in [1.54, 1.807) is 0 Å². The number of carbonyl (C=O) groups is 1. The minimum Gasteiger partial charge on any atom is -0.361 e. The molecule has 14 heavy (non-hydrogen) atoms. The van der Waals surface area contributed by atoms with E-state index in [0.29, 0.717) is 6.73 Å². The molecule has 2 aliphatic rings. The second kappa shape index (κ2) is 4.64. The molecule has 0 bridgehead atoms. The van der Waals surface area contributed by atoms with Gasteiger partial charge >= 0.3 is 6.03 Å². The second-order valence-corrected chi connectivity index (χ2v) is 3.98. The number of hydrogen-bond donors (Lipinski definition) is 0. The van der Waals surface area contributed by atoms with E-state index < -0.39 is 0 Å². The van der Waals surface area contributed by atoms with E-state index in [2.05, 4.69) is 0 Å². The number of ether oxygens (including phenoxy) is 1. The first-order valence-electron chi connectivity index (χ1n) is 5.49. The van der Waals surface area contributed by atoms with E-state index in [4.69, 9.17) is 4.74 Å². The van der Waals surface area contributed by atoms with Crippen LogP contribution in [0.25, 0.3) is 0 Å². The third-order valence-electron chi connectivity index (χ3n) is 2.86. The minimum atomic E-state index is 0.171. The van der Waals surface area contributed by atoms with Crippen LogP contribution in [0.3, 0.4) is 0 Å². The summed E-state index contributed by atoms with van der Waals surface area (Å²) in [6.45, 7) is 3.99. The third kappa shape index (κ3) is 2.18. The monoisotopic (exact) mass is 198 g/mol. The fourth-order valence-corrected chi connectivity index (χ4v) is 2.03. The average Bonchev–Trinajstić information content (AvgIpc) is 2.30. The standard InChI is InChI=1S/C10H18N2O2/c13-10(11-5-2-1-3-6-11)12-7-4-8-14-9-12/h1-9H2. The zero-order valence-electron chi connectivity index (χ0n) is 8.57. The minimum absolute atomic E-state index is 0.171. The Labute approximate surface area is 84.8 Å². The zero-order chi connectivity index (χ0) is 9.80. The molecular weight excluding hydrogens is 180 g/mol. The molecule has 2 heterocycles. The highest BCUT2D eigenvalue weighted by molar-refractivity contribution is 5.74. The molecular formula is C10H18N2O2. The summed E-state index contributed by atoms with van der Waals surface area (Å²) < 4.78 is 5.27. The van der Waals surface area contributed by atoms with Crippen LogP contribution in [0, 0.1) is 0 Å².